The predicted molar refractivity (Wildman–Crippen MR) is 121 cm³/mol. The monoisotopic (exact) mass is 457 g/mol. The van der Waals surface area contributed by atoms with Crippen molar-refractivity contribution in [1.29, 1.82) is 0 Å². The number of ether oxygens (including phenoxy) is 3. The van der Waals surface area contributed by atoms with E-state index in [9.17, 15) is 14.0 Å². The molecule has 2 aromatic carbocycles. The molecular formula is C24H28FN3O5. The van der Waals surface area contributed by atoms with Crippen LogP contribution in [0.5, 0.6) is 11.5 Å². The fraction of sp³-hybridized carbons (Fsp3) is 0.375. The van der Waals surface area contributed by atoms with E-state index >= 15 is 0 Å². The van der Waals surface area contributed by atoms with E-state index in [-0.39, 0.29) is 30.7 Å². The summed E-state index contributed by atoms with van der Waals surface area (Å²) in [4.78, 5) is 26.7. The lowest BCUT2D eigenvalue weighted by Crippen LogP contribution is -2.41. The number of halogens is 1. The zero-order valence-corrected chi connectivity index (χ0v) is 19.2. The summed E-state index contributed by atoms with van der Waals surface area (Å²) in [6.45, 7) is 1.86. The summed E-state index contributed by atoms with van der Waals surface area (Å²) in [5.74, 6) is 0.241. The molecule has 3 rings (SSSR count). The fourth-order valence-corrected chi connectivity index (χ4v) is 3.67. The topological polar surface area (TPSA) is 80.7 Å². The summed E-state index contributed by atoms with van der Waals surface area (Å²) >= 11 is 0. The maximum Gasteiger partial charge on any atom is 0.262 e. The molecule has 9 heteroatoms. The molecule has 0 saturated heterocycles. The second-order valence-corrected chi connectivity index (χ2v) is 7.56. The lowest BCUT2D eigenvalue weighted by Gasteiger charge is -2.26. The standard InChI is InChI=1S/C24H28FN3O5/c1-16(29)27(11-12-31-2)15-24(30)28-22(17-5-7-18(25)8-6-17)14-21(26-28)20-10-9-19(32-3)13-23(20)33-4/h5-10,13,22H,11-12,14-15H2,1-4H3/t22-/m1/s1. The summed E-state index contributed by atoms with van der Waals surface area (Å²) in [6.07, 6.45) is 0.401. The number of carbonyl (C=O) groups is 2. The molecule has 0 aromatic heterocycles. The van der Waals surface area contributed by atoms with Gasteiger partial charge >= 0.3 is 0 Å². The van der Waals surface area contributed by atoms with Crippen molar-refractivity contribution in [2.75, 3.05) is 41.0 Å². The molecule has 0 spiro atoms. The number of rotatable bonds is 9. The molecule has 2 amide bonds. The van der Waals surface area contributed by atoms with Gasteiger partial charge in [0.1, 0.15) is 23.9 Å². The van der Waals surface area contributed by atoms with Gasteiger partial charge in [-0.15, -0.1) is 0 Å². The molecule has 1 atom stereocenters. The number of hydrogen-bond donors (Lipinski definition) is 0. The smallest absolute Gasteiger partial charge is 0.262 e. The van der Waals surface area contributed by atoms with Crippen molar-refractivity contribution in [2.45, 2.75) is 19.4 Å². The number of hydrogen-bond acceptors (Lipinski definition) is 6. The van der Waals surface area contributed by atoms with Gasteiger partial charge in [-0.05, 0) is 29.8 Å². The third kappa shape index (κ3) is 5.67. The highest BCUT2D eigenvalue weighted by Gasteiger charge is 2.35. The molecule has 0 N–H and O–H groups in total. The normalized spacial score (nSPS) is 15.2. The first-order chi connectivity index (χ1) is 15.9. The van der Waals surface area contributed by atoms with Gasteiger partial charge in [-0.3, -0.25) is 9.59 Å². The summed E-state index contributed by atoms with van der Waals surface area (Å²) in [5, 5.41) is 5.98. The molecule has 0 saturated carbocycles. The Bertz CT molecular complexity index is 1030. The molecule has 2 aromatic rings. The second kappa shape index (κ2) is 10.9. The Balaban J connectivity index is 1.95. The number of hydrazone groups is 1. The third-order valence-corrected chi connectivity index (χ3v) is 5.48. The molecule has 1 heterocycles. The van der Waals surface area contributed by atoms with E-state index in [0.29, 0.717) is 30.2 Å². The number of methoxy groups -OCH3 is 3. The van der Waals surface area contributed by atoms with Crippen LogP contribution in [0.25, 0.3) is 0 Å². The van der Waals surface area contributed by atoms with Gasteiger partial charge in [0.25, 0.3) is 5.91 Å². The van der Waals surface area contributed by atoms with Gasteiger partial charge in [0.2, 0.25) is 5.91 Å². The first-order valence-corrected chi connectivity index (χ1v) is 10.5. The van der Waals surface area contributed by atoms with Crippen molar-refractivity contribution in [2.24, 2.45) is 5.10 Å². The Morgan fingerprint density at radius 1 is 1.12 bits per heavy atom. The molecule has 0 radical (unpaired) electrons. The summed E-state index contributed by atoms with van der Waals surface area (Å²) in [5.41, 5.74) is 2.11. The van der Waals surface area contributed by atoms with E-state index in [0.717, 1.165) is 11.1 Å². The van der Waals surface area contributed by atoms with Crippen molar-refractivity contribution in [1.82, 2.24) is 9.91 Å². The van der Waals surface area contributed by atoms with Gasteiger partial charge < -0.3 is 19.1 Å². The largest absolute Gasteiger partial charge is 0.497 e. The van der Waals surface area contributed by atoms with Crippen LogP contribution in [0, 0.1) is 5.82 Å². The summed E-state index contributed by atoms with van der Waals surface area (Å²) < 4.78 is 29.3. The Morgan fingerprint density at radius 3 is 2.45 bits per heavy atom. The van der Waals surface area contributed by atoms with Crippen molar-refractivity contribution < 1.29 is 28.2 Å². The van der Waals surface area contributed by atoms with Gasteiger partial charge in [0.15, 0.2) is 0 Å². The molecule has 176 valence electrons. The molecule has 0 unspecified atom stereocenters. The van der Waals surface area contributed by atoms with Crippen LogP contribution in [0.3, 0.4) is 0 Å². The van der Waals surface area contributed by atoms with Crippen molar-refractivity contribution in [3.8, 4) is 11.5 Å². The molecule has 0 fully saturated rings. The van der Waals surface area contributed by atoms with Crippen LogP contribution < -0.4 is 9.47 Å². The van der Waals surface area contributed by atoms with Gasteiger partial charge in [0, 0.05) is 38.6 Å². The van der Waals surface area contributed by atoms with E-state index in [4.69, 9.17) is 14.2 Å². The van der Waals surface area contributed by atoms with E-state index in [1.165, 1.54) is 36.1 Å². The predicted octanol–water partition coefficient (Wildman–Crippen LogP) is 3.02. The Kier molecular flexibility index (Phi) is 8.00. The van der Waals surface area contributed by atoms with Crippen molar-refractivity contribution in [3.05, 3.63) is 59.4 Å². The number of nitrogens with zero attached hydrogens (tertiary/aromatic N) is 3. The van der Waals surface area contributed by atoms with Crippen molar-refractivity contribution in [3.63, 3.8) is 0 Å². The highest BCUT2D eigenvalue weighted by molar-refractivity contribution is 6.05. The highest BCUT2D eigenvalue weighted by Crippen LogP contribution is 2.36. The first kappa shape index (κ1) is 24.2. The van der Waals surface area contributed by atoms with E-state index in [1.807, 2.05) is 6.07 Å². The highest BCUT2D eigenvalue weighted by atomic mass is 19.1. The first-order valence-electron chi connectivity index (χ1n) is 10.5. The van der Waals surface area contributed by atoms with Crippen LogP contribution in [0.15, 0.2) is 47.6 Å². The Labute approximate surface area is 192 Å². The minimum absolute atomic E-state index is 0.146. The van der Waals surface area contributed by atoms with Crippen molar-refractivity contribution >= 4 is 17.5 Å². The quantitative estimate of drug-likeness (QED) is 0.578. The number of carbonyl (C=O) groups excluding carboxylic acids is 2. The average Bonchev–Trinajstić information content (AvgIpc) is 3.26. The number of amides is 2. The van der Waals surface area contributed by atoms with Crippen LogP contribution in [0.4, 0.5) is 4.39 Å². The minimum Gasteiger partial charge on any atom is -0.497 e. The minimum atomic E-state index is -0.448. The number of benzene rings is 2. The Hall–Kier alpha value is -3.46. The van der Waals surface area contributed by atoms with Crippen LogP contribution >= 0.6 is 0 Å². The van der Waals surface area contributed by atoms with E-state index < -0.39 is 6.04 Å². The van der Waals surface area contributed by atoms with Gasteiger partial charge in [-0.25, -0.2) is 9.40 Å². The van der Waals surface area contributed by atoms with E-state index in [2.05, 4.69) is 5.10 Å². The van der Waals surface area contributed by atoms with Gasteiger partial charge in [0.05, 0.1) is 32.6 Å². The average molecular weight is 458 g/mol. The summed E-state index contributed by atoms with van der Waals surface area (Å²) in [6, 6.07) is 10.9. The van der Waals surface area contributed by atoms with Gasteiger partial charge in [-0.1, -0.05) is 12.1 Å². The Morgan fingerprint density at radius 2 is 1.85 bits per heavy atom. The van der Waals surface area contributed by atoms with Crippen LogP contribution in [-0.4, -0.2) is 68.5 Å². The summed E-state index contributed by atoms with van der Waals surface area (Å²) in [7, 11) is 4.65. The van der Waals surface area contributed by atoms with Crippen LogP contribution in [0.1, 0.15) is 30.5 Å². The molecule has 1 aliphatic rings. The molecule has 0 aliphatic carbocycles. The molecule has 33 heavy (non-hydrogen) atoms. The molecule has 1 aliphatic heterocycles. The zero-order chi connectivity index (χ0) is 24.0. The maximum atomic E-state index is 13.5. The van der Waals surface area contributed by atoms with Crippen LogP contribution in [0.2, 0.25) is 0 Å². The second-order valence-electron chi connectivity index (χ2n) is 7.56. The third-order valence-electron chi connectivity index (χ3n) is 5.48. The van der Waals surface area contributed by atoms with Gasteiger partial charge in [-0.2, -0.15) is 5.10 Å². The zero-order valence-electron chi connectivity index (χ0n) is 19.2. The molecule has 8 nitrogen and oxygen atoms in total. The fourth-order valence-electron chi connectivity index (χ4n) is 3.67. The molecule has 0 bridgehead atoms. The lowest BCUT2D eigenvalue weighted by molar-refractivity contribution is -0.141. The van der Waals surface area contributed by atoms with Crippen LogP contribution in [-0.2, 0) is 14.3 Å². The molecular weight excluding hydrogens is 429 g/mol. The SMILES string of the molecule is COCCN(CC(=O)N1N=C(c2ccc(OC)cc2OC)C[C@@H]1c1ccc(F)cc1)C(C)=O. The maximum absolute atomic E-state index is 13.5. The lowest BCUT2D eigenvalue weighted by atomic mass is 9.97. The van der Waals surface area contributed by atoms with E-state index in [1.54, 1.807) is 38.5 Å².